The molecule has 0 saturated heterocycles. The van der Waals surface area contributed by atoms with E-state index in [1.807, 2.05) is 12.2 Å². The summed E-state index contributed by atoms with van der Waals surface area (Å²) in [4.78, 5) is 0. The van der Waals surface area contributed by atoms with Crippen LogP contribution in [0.4, 0.5) is 0 Å². The summed E-state index contributed by atoms with van der Waals surface area (Å²) in [5, 5.41) is 0. The van der Waals surface area contributed by atoms with Gasteiger partial charge in [-0.3, -0.25) is 16.7 Å². The quantitative estimate of drug-likeness (QED) is 0.0235. The number of hydrogen-bond acceptors (Lipinski definition) is 20. The molecule has 0 aromatic heterocycles. The zero-order valence-corrected chi connectivity index (χ0v) is 57.6. The molecule has 0 heterocycles. The Labute approximate surface area is 531 Å². The molecule has 0 aliphatic heterocycles. The molecule has 0 unspecified atom stereocenters. The van der Waals surface area contributed by atoms with Crippen LogP contribution in [0.1, 0.15) is 206 Å². The third kappa shape index (κ3) is 113. The second-order valence-electron chi connectivity index (χ2n) is 17.3. The zero-order valence-electron chi connectivity index (χ0n) is 50.4. The van der Waals surface area contributed by atoms with Crippen LogP contribution in [-0.2, 0) is 77.3 Å². The number of allylic oxidation sites excluding steroid dienone is 6. The van der Waals surface area contributed by atoms with Gasteiger partial charge in [-0.1, -0.05) is 153 Å². The molecule has 0 aromatic carbocycles. The van der Waals surface area contributed by atoms with Crippen LogP contribution in [0.3, 0.4) is 0 Å². The molecule has 0 aliphatic rings. The van der Waals surface area contributed by atoms with Gasteiger partial charge in [0, 0.05) is 26.4 Å². The molecular formula is C52H108N2Na2O20S4. The number of quaternary nitrogens is 2. The van der Waals surface area contributed by atoms with E-state index in [-0.39, 0.29) is 124 Å². The molecule has 8 N–H and O–H groups in total. The van der Waals surface area contributed by atoms with Gasteiger partial charge in [0.25, 0.3) is 0 Å². The molecular weight excluding hydrogens is 1150 g/mol. The summed E-state index contributed by atoms with van der Waals surface area (Å²) in [6.07, 6.45) is 47.5. The van der Waals surface area contributed by atoms with Crippen molar-refractivity contribution in [1.82, 2.24) is 12.3 Å². The molecule has 22 nitrogen and oxygen atoms in total. The van der Waals surface area contributed by atoms with E-state index >= 15 is 0 Å². The first kappa shape index (κ1) is 96.5. The van der Waals surface area contributed by atoms with Gasteiger partial charge < -0.3 is 49.5 Å². The first-order valence-corrected chi connectivity index (χ1v) is 32.8. The average Bonchev–Trinajstić information content (AvgIpc) is 3.34. The van der Waals surface area contributed by atoms with Gasteiger partial charge in [-0.2, -0.15) is 0 Å². The summed E-state index contributed by atoms with van der Waals surface area (Å²) >= 11 is 0. The van der Waals surface area contributed by atoms with Crippen molar-refractivity contribution in [3.63, 3.8) is 0 Å². The fourth-order valence-electron chi connectivity index (χ4n) is 6.50. The standard InChI is InChI=1S/2C14H28O5S.2C12H24O5S.2H3N.2Na/c2*1-2-3-4-5-6-7-8-9-10-11-12-18-13-14-19-20(15,16)17;2*1-2-3-4-5-6-7-8-9-10-16-11-12-17-18(13,14)15;;;;/h2*3-4H,2,5-14H2,1H3,(H,15,16,17);2*2H,1,3-12H2,(H,13,14,15);2*1H3;;/q;;;;;;2*+1/p-2/b2*4-3+;;;;;;. The summed E-state index contributed by atoms with van der Waals surface area (Å²) in [5.41, 5.74) is 0. The summed E-state index contributed by atoms with van der Waals surface area (Å²) in [6.45, 7) is 13.7. The maximum atomic E-state index is 10.1. The van der Waals surface area contributed by atoms with Crippen molar-refractivity contribution < 1.29 is 147 Å². The molecule has 0 aliphatic carbocycles. The third-order valence-electron chi connectivity index (χ3n) is 10.3. The predicted molar refractivity (Wildman–Crippen MR) is 306 cm³/mol. The van der Waals surface area contributed by atoms with Crippen LogP contribution in [0.5, 0.6) is 0 Å². The van der Waals surface area contributed by atoms with Crippen LogP contribution in [0.2, 0.25) is 0 Å². The van der Waals surface area contributed by atoms with Crippen LogP contribution in [0.15, 0.2) is 49.6 Å². The van der Waals surface area contributed by atoms with Crippen LogP contribution in [-0.4, -0.2) is 131 Å². The van der Waals surface area contributed by atoms with Gasteiger partial charge in [-0.15, -0.1) is 13.2 Å². The van der Waals surface area contributed by atoms with Gasteiger partial charge >= 0.3 is 59.1 Å². The van der Waals surface area contributed by atoms with Crippen molar-refractivity contribution in [2.45, 2.75) is 206 Å². The van der Waals surface area contributed by atoms with Gasteiger partial charge in [0.2, 0.25) is 41.6 Å². The zero-order chi connectivity index (χ0) is 57.6. The topological polar surface area (TPSA) is 376 Å². The van der Waals surface area contributed by atoms with E-state index in [0.29, 0.717) is 26.4 Å². The second kappa shape index (κ2) is 75.3. The van der Waals surface area contributed by atoms with E-state index in [1.54, 1.807) is 0 Å². The van der Waals surface area contributed by atoms with E-state index in [0.717, 1.165) is 77.0 Å². The Morgan fingerprint density at radius 2 is 0.475 bits per heavy atom. The fraction of sp³-hybridized carbons (Fsp3) is 0.846. The monoisotopic (exact) mass is 1250 g/mol. The Hall–Kier alpha value is 0.200. The molecule has 0 amide bonds. The van der Waals surface area contributed by atoms with Gasteiger partial charge in [0.1, 0.15) is 0 Å². The number of hydrogen-bond donors (Lipinski definition) is 2. The fourth-order valence-corrected chi connectivity index (χ4v) is 7.59. The Bertz CT molecular complexity index is 1630. The van der Waals surface area contributed by atoms with Crippen molar-refractivity contribution in [3.8, 4) is 0 Å². The first-order valence-electron chi connectivity index (χ1n) is 27.5. The van der Waals surface area contributed by atoms with Crippen molar-refractivity contribution in [2.24, 2.45) is 0 Å². The van der Waals surface area contributed by atoms with Crippen LogP contribution in [0, 0.1) is 0 Å². The molecule has 0 atom stereocenters. The van der Waals surface area contributed by atoms with Crippen molar-refractivity contribution in [2.75, 3.05) is 79.3 Å². The van der Waals surface area contributed by atoms with E-state index in [4.69, 9.17) is 18.9 Å². The van der Waals surface area contributed by atoms with Crippen molar-refractivity contribution in [1.29, 1.82) is 0 Å². The summed E-state index contributed by atoms with van der Waals surface area (Å²) < 4.78 is 158. The maximum Gasteiger partial charge on any atom is 1.00 e. The van der Waals surface area contributed by atoms with Crippen LogP contribution >= 0.6 is 0 Å². The summed E-state index contributed by atoms with van der Waals surface area (Å²) in [5.74, 6) is 0. The van der Waals surface area contributed by atoms with Crippen molar-refractivity contribution in [3.05, 3.63) is 49.6 Å². The first-order chi connectivity index (χ1) is 36.2. The molecule has 0 saturated carbocycles. The Balaban J connectivity index is -0.000000142. The third-order valence-corrected chi connectivity index (χ3v) is 12.2. The van der Waals surface area contributed by atoms with E-state index in [2.05, 4.69) is 68.0 Å². The van der Waals surface area contributed by atoms with Crippen LogP contribution < -0.4 is 71.4 Å². The maximum absolute atomic E-state index is 10.1. The van der Waals surface area contributed by atoms with Gasteiger partial charge in [0.05, 0.1) is 52.9 Å². The normalized spacial score (nSPS) is 11.4. The number of ether oxygens (including phenoxy) is 4. The minimum Gasteiger partial charge on any atom is -0.726 e. The van der Waals surface area contributed by atoms with Gasteiger partial charge in [0.15, 0.2) is 0 Å². The minimum absolute atomic E-state index is 0. The molecule has 472 valence electrons. The van der Waals surface area contributed by atoms with Gasteiger partial charge in [-0.25, -0.2) is 33.7 Å². The summed E-state index contributed by atoms with van der Waals surface area (Å²) in [6, 6.07) is 0. The molecule has 0 rings (SSSR count). The molecule has 0 aromatic rings. The van der Waals surface area contributed by atoms with E-state index in [1.165, 1.54) is 116 Å². The molecule has 80 heavy (non-hydrogen) atoms. The molecule has 28 heteroatoms. The number of unbranched alkanes of at least 4 members (excludes halogenated alkanes) is 24. The van der Waals surface area contributed by atoms with E-state index < -0.39 is 41.6 Å². The SMILES string of the molecule is C=CCCCCCCCCOCCOS(=O)(=O)[O-].C=CCCCCCCCCOCCOS(=O)(=O)[O-].CC/C=C/CCCCCCCCOCCOS(=O)(=O)[O-].CC/C=C/CCCCCCCCOCCOS(=O)(=O)[O-].[NH4+].[NH4+].[Na+].[Na+]. The minimum atomic E-state index is -4.58. The Morgan fingerprint density at radius 1 is 0.287 bits per heavy atom. The predicted octanol–water partition coefficient (Wildman–Crippen LogP) is 5.91. The average molecular weight is 1260 g/mol. The van der Waals surface area contributed by atoms with Crippen LogP contribution in [0.25, 0.3) is 0 Å². The second-order valence-corrected chi connectivity index (χ2v) is 21.6. The Morgan fingerprint density at radius 3 is 0.662 bits per heavy atom. The number of rotatable bonds is 54. The van der Waals surface area contributed by atoms with Crippen molar-refractivity contribution >= 4 is 41.6 Å². The molecule has 0 radical (unpaired) electrons. The van der Waals surface area contributed by atoms with Gasteiger partial charge in [-0.05, 0) is 89.9 Å². The molecule has 0 fully saturated rings. The van der Waals surface area contributed by atoms with E-state index in [9.17, 15) is 51.9 Å². The molecule has 0 spiro atoms. The largest absolute Gasteiger partial charge is 1.00 e. The summed E-state index contributed by atoms with van der Waals surface area (Å²) in [7, 11) is -18.3. The molecule has 0 bridgehead atoms. The smallest absolute Gasteiger partial charge is 0.726 e. The Kier molecular flexibility index (Phi) is 90.8.